The Kier molecular flexibility index (Phi) is 4.45. The first-order chi connectivity index (χ1) is 8.73. The summed E-state index contributed by atoms with van der Waals surface area (Å²) in [6.45, 7) is 8.77. The predicted octanol–water partition coefficient (Wildman–Crippen LogP) is 3.87. The molecule has 1 aromatic rings. The van der Waals surface area contributed by atoms with Crippen molar-refractivity contribution in [3.63, 3.8) is 0 Å². The van der Waals surface area contributed by atoms with Gasteiger partial charge in [0.15, 0.2) is 0 Å². The molecule has 1 aliphatic heterocycles. The summed E-state index contributed by atoms with van der Waals surface area (Å²) >= 11 is 4.85. The van der Waals surface area contributed by atoms with Gasteiger partial charge in [-0.2, -0.15) is 4.31 Å². The third kappa shape index (κ3) is 2.91. The van der Waals surface area contributed by atoms with Crippen LogP contribution >= 0.6 is 27.3 Å². The second-order valence-corrected chi connectivity index (χ2v) is 10.1. The second-order valence-electron chi connectivity index (χ2n) is 5.60. The van der Waals surface area contributed by atoms with Gasteiger partial charge in [0.25, 0.3) is 0 Å². The molecule has 1 saturated heterocycles. The molecule has 6 heteroatoms. The molecule has 108 valence electrons. The summed E-state index contributed by atoms with van der Waals surface area (Å²) in [4.78, 5) is 1.31. The van der Waals surface area contributed by atoms with Gasteiger partial charge in [-0.1, -0.05) is 13.8 Å². The Bertz CT molecular complexity index is 567. The molecule has 1 aliphatic rings. The molecule has 0 radical (unpaired) electrons. The van der Waals surface area contributed by atoms with E-state index in [0.29, 0.717) is 23.3 Å². The molecule has 3 unspecified atom stereocenters. The lowest BCUT2D eigenvalue weighted by atomic mass is 9.88. The zero-order valence-corrected chi connectivity index (χ0v) is 14.9. The number of hydrogen-bond acceptors (Lipinski definition) is 3. The summed E-state index contributed by atoms with van der Waals surface area (Å²) in [6, 6.07) is 1.80. The Labute approximate surface area is 128 Å². The summed E-state index contributed by atoms with van der Waals surface area (Å²) in [7, 11) is -3.37. The molecule has 0 aromatic carbocycles. The van der Waals surface area contributed by atoms with E-state index in [1.165, 1.54) is 11.3 Å². The minimum atomic E-state index is -3.37. The molecule has 2 rings (SSSR count). The van der Waals surface area contributed by atoms with Gasteiger partial charge in [0.05, 0.1) is 8.68 Å². The first kappa shape index (κ1) is 15.5. The number of halogens is 1. The summed E-state index contributed by atoms with van der Waals surface area (Å²) in [5.74, 6) is 0.823. The minimum Gasteiger partial charge on any atom is -0.207 e. The lowest BCUT2D eigenvalue weighted by Gasteiger charge is -2.39. The number of aryl methyl sites for hydroxylation is 1. The molecule has 0 spiro atoms. The van der Waals surface area contributed by atoms with Gasteiger partial charge in [-0.25, -0.2) is 8.42 Å². The van der Waals surface area contributed by atoms with Gasteiger partial charge in [0.2, 0.25) is 10.0 Å². The molecule has 1 fully saturated rings. The number of piperidine rings is 1. The van der Waals surface area contributed by atoms with Crippen molar-refractivity contribution in [2.24, 2.45) is 11.8 Å². The van der Waals surface area contributed by atoms with Gasteiger partial charge in [0, 0.05) is 17.5 Å². The third-order valence-electron chi connectivity index (χ3n) is 3.97. The monoisotopic (exact) mass is 365 g/mol. The molecule has 0 N–H and O–H groups in total. The van der Waals surface area contributed by atoms with E-state index in [1.807, 2.05) is 13.8 Å². The van der Waals surface area contributed by atoms with Gasteiger partial charge in [-0.15, -0.1) is 11.3 Å². The zero-order chi connectivity index (χ0) is 14.4. The van der Waals surface area contributed by atoms with Gasteiger partial charge < -0.3 is 0 Å². The zero-order valence-electron chi connectivity index (χ0n) is 11.7. The fraction of sp³-hybridized carbons (Fsp3) is 0.692. The number of thiophene rings is 1. The van der Waals surface area contributed by atoms with Crippen LogP contribution in [0.4, 0.5) is 0 Å². The Morgan fingerprint density at radius 1 is 1.37 bits per heavy atom. The number of rotatable bonds is 2. The summed E-state index contributed by atoms with van der Waals surface area (Å²) in [5, 5.41) is 0. The van der Waals surface area contributed by atoms with Crippen molar-refractivity contribution < 1.29 is 8.42 Å². The van der Waals surface area contributed by atoms with E-state index in [4.69, 9.17) is 0 Å². The number of nitrogens with zero attached hydrogens (tertiary/aromatic N) is 1. The first-order valence-electron chi connectivity index (χ1n) is 6.51. The molecule has 2 heterocycles. The topological polar surface area (TPSA) is 37.4 Å². The highest BCUT2D eigenvalue weighted by atomic mass is 79.9. The fourth-order valence-corrected chi connectivity index (χ4v) is 7.03. The van der Waals surface area contributed by atoms with Crippen LogP contribution in [0.2, 0.25) is 0 Å². The minimum absolute atomic E-state index is 0.0688. The van der Waals surface area contributed by atoms with Crippen LogP contribution in [0.5, 0.6) is 0 Å². The molecular formula is C13H20BrNO2S2. The quantitative estimate of drug-likeness (QED) is 0.797. The van der Waals surface area contributed by atoms with E-state index in [-0.39, 0.29) is 6.04 Å². The molecule has 0 aliphatic carbocycles. The maximum Gasteiger partial charge on any atom is 0.244 e. The lowest BCUT2D eigenvalue weighted by molar-refractivity contribution is 0.157. The van der Waals surface area contributed by atoms with Crippen molar-refractivity contribution in [2.75, 3.05) is 6.54 Å². The average molecular weight is 366 g/mol. The van der Waals surface area contributed by atoms with Crippen LogP contribution < -0.4 is 0 Å². The maximum atomic E-state index is 12.8. The Hall–Kier alpha value is 0.0900. The lowest BCUT2D eigenvalue weighted by Crippen LogP contribution is -2.48. The van der Waals surface area contributed by atoms with E-state index in [2.05, 4.69) is 29.8 Å². The van der Waals surface area contributed by atoms with Crippen molar-refractivity contribution in [3.8, 4) is 0 Å². The molecule has 19 heavy (non-hydrogen) atoms. The highest BCUT2D eigenvalue weighted by Gasteiger charge is 2.38. The first-order valence-corrected chi connectivity index (χ1v) is 9.56. The summed E-state index contributed by atoms with van der Waals surface area (Å²) in [5.41, 5.74) is 0. The van der Waals surface area contributed by atoms with E-state index in [9.17, 15) is 8.42 Å². The van der Waals surface area contributed by atoms with Crippen LogP contribution in [0.3, 0.4) is 0 Å². The highest BCUT2D eigenvalue weighted by molar-refractivity contribution is 9.11. The van der Waals surface area contributed by atoms with Crippen LogP contribution in [0.1, 0.15) is 32.1 Å². The van der Waals surface area contributed by atoms with Crippen LogP contribution in [-0.4, -0.2) is 25.3 Å². The molecular weight excluding hydrogens is 346 g/mol. The summed E-state index contributed by atoms with van der Waals surface area (Å²) < 4.78 is 28.2. The Morgan fingerprint density at radius 2 is 2.00 bits per heavy atom. The van der Waals surface area contributed by atoms with E-state index in [1.54, 1.807) is 10.4 Å². The van der Waals surface area contributed by atoms with Crippen molar-refractivity contribution >= 4 is 37.3 Å². The predicted molar refractivity (Wildman–Crippen MR) is 83.1 cm³/mol. The third-order valence-corrected chi connectivity index (χ3v) is 7.73. The fourth-order valence-electron chi connectivity index (χ4n) is 2.79. The van der Waals surface area contributed by atoms with Crippen LogP contribution in [0.25, 0.3) is 0 Å². The van der Waals surface area contributed by atoms with Gasteiger partial charge in [-0.05, 0) is 54.1 Å². The Morgan fingerprint density at radius 3 is 2.53 bits per heavy atom. The van der Waals surface area contributed by atoms with E-state index < -0.39 is 10.0 Å². The van der Waals surface area contributed by atoms with Gasteiger partial charge >= 0.3 is 0 Å². The molecule has 3 nitrogen and oxygen atoms in total. The second kappa shape index (κ2) is 5.47. The average Bonchev–Trinajstić information content (AvgIpc) is 2.63. The largest absolute Gasteiger partial charge is 0.244 e. The van der Waals surface area contributed by atoms with Crippen molar-refractivity contribution in [3.05, 3.63) is 14.7 Å². The smallest absolute Gasteiger partial charge is 0.207 e. The molecule has 0 amide bonds. The Balaban J connectivity index is 2.41. The molecule has 1 aromatic heterocycles. The van der Waals surface area contributed by atoms with Crippen LogP contribution in [-0.2, 0) is 10.0 Å². The van der Waals surface area contributed by atoms with Crippen LogP contribution in [0, 0.1) is 18.8 Å². The molecule has 3 atom stereocenters. The van der Waals surface area contributed by atoms with E-state index >= 15 is 0 Å². The SMILES string of the molecule is Cc1sc(Br)cc1S(=O)(=O)N1CC(C)CC(C)C1C. The standard InChI is InChI=1S/C13H20BrNO2S2/c1-8-5-9(2)10(3)15(7-8)19(16,17)12-6-13(14)18-11(12)4/h6,8-10H,5,7H2,1-4H3. The van der Waals surface area contributed by atoms with Crippen LogP contribution in [0.15, 0.2) is 14.7 Å². The summed E-state index contributed by atoms with van der Waals surface area (Å²) in [6.07, 6.45) is 1.10. The van der Waals surface area contributed by atoms with Gasteiger partial charge in [0.1, 0.15) is 0 Å². The normalized spacial score (nSPS) is 29.6. The van der Waals surface area contributed by atoms with Crippen molar-refractivity contribution in [2.45, 2.75) is 45.1 Å². The highest BCUT2D eigenvalue weighted by Crippen LogP contribution is 2.36. The van der Waals surface area contributed by atoms with Gasteiger partial charge in [-0.3, -0.25) is 0 Å². The molecule has 0 saturated carbocycles. The molecule has 0 bridgehead atoms. The van der Waals surface area contributed by atoms with Crippen molar-refractivity contribution in [1.82, 2.24) is 4.31 Å². The van der Waals surface area contributed by atoms with E-state index in [0.717, 1.165) is 15.1 Å². The maximum absolute atomic E-state index is 12.8. The van der Waals surface area contributed by atoms with Crippen molar-refractivity contribution in [1.29, 1.82) is 0 Å². The number of sulfonamides is 1. The number of hydrogen-bond donors (Lipinski definition) is 0.